The fraction of sp³-hybridized carbons (Fsp3) is 0.438. The van der Waals surface area contributed by atoms with Crippen molar-refractivity contribution < 1.29 is 9.53 Å². The van der Waals surface area contributed by atoms with Crippen LogP contribution >= 0.6 is 22.9 Å². The number of nitrogens with one attached hydrogen (secondary N) is 1. The Morgan fingerprint density at radius 1 is 1.48 bits per heavy atom. The number of aromatic nitrogens is 2. The third kappa shape index (κ3) is 4.00. The topological polar surface area (TPSA) is 64.1 Å². The summed E-state index contributed by atoms with van der Waals surface area (Å²) in [5, 5.41) is 13.1. The molecule has 23 heavy (non-hydrogen) atoms. The van der Waals surface area contributed by atoms with E-state index in [4.69, 9.17) is 16.3 Å². The molecule has 1 amide bonds. The lowest BCUT2D eigenvalue weighted by Gasteiger charge is -2.24. The summed E-state index contributed by atoms with van der Waals surface area (Å²) in [7, 11) is 0. The van der Waals surface area contributed by atoms with Gasteiger partial charge in [-0.05, 0) is 36.1 Å². The maximum Gasteiger partial charge on any atom is 0.233 e. The largest absolute Gasteiger partial charge is 0.492 e. The average molecular weight is 352 g/mol. The molecule has 1 unspecified atom stereocenters. The van der Waals surface area contributed by atoms with Crippen LogP contribution in [0.15, 0.2) is 18.2 Å². The molecule has 1 atom stereocenters. The zero-order valence-electron chi connectivity index (χ0n) is 13.0. The Balaban J connectivity index is 1.64. The second-order valence-corrected chi connectivity index (χ2v) is 7.55. The first-order valence-electron chi connectivity index (χ1n) is 7.55. The zero-order valence-corrected chi connectivity index (χ0v) is 14.6. The van der Waals surface area contributed by atoms with Crippen molar-refractivity contribution in [3.8, 4) is 5.75 Å². The highest BCUT2D eigenvalue weighted by Crippen LogP contribution is 2.30. The van der Waals surface area contributed by atoms with Crippen molar-refractivity contribution in [2.45, 2.75) is 26.7 Å². The molecule has 1 aromatic heterocycles. The molecule has 122 valence electrons. The highest BCUT2D eigenvalue weighted by Gasteiger charge is 2.27. The first-order chi connectivity index (χ1) is 11.0. The summed E-state index contributed by atoms with van der Waals surface area (Å²) in [6.45, 7) is 4.61. The standard InChI is InChI=1S/C16H18ClN3O2S/c1-9(2)5-14-19-20-16(23-14)18-15(21)11-6-10-7-12(17)3-4-13(10)22-8-11/h3-4,7,9,11H,5-6,8H2,1-2H3,(H,18,20,21). The maximum absolute atomic E-state index is 12.4. The van der Waals surface area contributed by atoms with Crippen LogP contribution in [0.2, 0.25) is 5.02 Å². The molecule has 2 heterocycles. The molecule has 1 aromatic carbocycles. The minimum atomic E-state index is -0.251. The van der Waals surface area contributed by atoms with E-state index in [1.807, 2.05) is 12.1 Å². The third-order valence-corrected chi connectivity index (χ3v) is 4.68. The number of nitrogens with zero attached hydrogens (tertiary/aromatic N) is 2. The van der Waals surface area contributed by atoms with Crippen molar-refractivity contribution in [1.29, 1.82) is 0 Å². The summed E-state index contributed by atoms with van der Waals surface area (Å²) in [6, 6.07) is 5.48. The molecule has 0 fully saturated rings. The highest BCUT2D eigenvalue weighted by atomic mass is 35.5. The molecular formula is C16H18ClN3O2S. The van der Waals surface area contributed by atoms with Gasteiger partial charge in [-0.2, -0.15) is 0 Å². The Hall–Kier alpha value is -1.66. The van der Waals surface area contributed by atoms with Gasteiger partial charge in [-0.3, -0.25) is 4.79 Å². The first kappa shape index (κ1) is 16.2. The van der Waals surface area contributed by atoms with Crippen molar-refractivity contribution in [1.82, 2.24) is 10.2 Å². The minimum absolute atomic E-state index is 0.0946. The molecule has 0 radical (unpaired) electrons. The van der Waals surface area contributed by atoms with Crippen LogP contribution < -0.4 is 10.1 Å². The zero-order chi connectivity index (χ0) is 16.4. The molecule has 0 bridgehead atoms. The lowest BCUT2D eigenvalue weighted by atomic mass is 9.96. The molecule has 0 saturated carbocycles. The summed E-state index contributed by atoms with van der Waals surface area (Å²) < 4.78 is 5.66. The molecule has 0 saturated heterocycles. The lowest BCUT2D eigenvalue weighted by Crippen LogP contribution is -2.32. The number of halogens is 1. The Bertz CT molecular complexity index is 717. The van der Waals surface area contributed by atoms with Crippen LogP contribution in [0.25, 0.3) is 0 Å². The smallest absolute Gasteiger partial charge is 0.233 e. The number of amides is 1. The van der Waals surface area contributed by atoms with Crippen LogP contribution in [0, 0.1) is 11.8 Å². The van der Waals surface area contributed by atoms with Crippen molar-refractivity contribution in [2.24, 2.45) is 11.8 Å². The first-order valence-corrected chi connectivity index (χ1v) is 8.75. The minimum Gasteiger partial charge on any atom is -0.492 e. The van der Waals surface area contributed by atoms with Gasteiger partial charge in [0.15, 0.2) is 0 Å². The summed E-state index contributed by atoms with van der Waals surface area (Å²) in [4.78, 5) is 12.4. The van der Waals surface area contributed by atoms with Gasteiger partial charge < -0.3 is 10.1 Å². The van der Waals surface area contributed by atoms with Crippen LogP contribution in [0.5, 0.6) is 5.75 Å². The quantitative estimate of drug-likeness (QED) is 0.914. The van der Waals surface area contributed by atoms with Gasteiger partial charge in [0.1, 0.15) is 17.4 Å². The molecule has 3 rings (SSSR count). The Morgan fingerprint density at radius 3 is 3.09 bits per heavy atom. The van der Waals surface area contributed by atoms with E-state index in [1.165, 1.54) is 11.3 Å². The van der Waals surface area contributed by atoms with E-state index in [0.29, 0.717) is 29.1 Å². The fourth-order valence-electron chi connectivity index (χ4n) is 2.47. The molecule has 7 heteroatoms. The van der Waals surface area contributed by atoms with Gasteiger partial charge in [-0.1, -0.05) is 36.8 Å². The molecule has 2 aromatic rings. The van der Waals surface area contributed by atoms with E-state index >= 15 is 0 Å². The van der Waals surface area contributed by atoms with Gasteiger partial charge in [0.25, 0.3) is 0 Å². The molecule has 0 spiro atoms. The SMILES string of the molecule is CC(C)Cc1nnc(NC(=O)C2COc3ccc(Cl)cc3C2)s1. The number of fused-ring (bicyclic) bond motifs is 1. The molecular weight excluding hydrogens is 334 g/mol. The highest BCUT2D eigenvalue weighted by molar-refractivity contribution is 7.15. The predicted octanol–water partition coefficient (Wildman–Crippen LogP) is 3.58. The van der Waals surface area contributed by atoms with Gasteiger partial charge >= 0.3 is 0 Å². The number of carbonyl (C=O) groups excluding carboxylic acids is 1. The van der Waals surface area contributed by atoms with Gasteiger partial charge in [0.2, 0.25) is 11.0 Å². The Labute approximate surface area is 144 Å². The number of rotatable bonds is 4. The fourth-order valence-corrected chi connectivity index (χ4v) is 3.62. The van der Waals surface area contributed by atoms with E-state index in [0.717, 1.165) is 22.7 Å². The summed E-state index contributed by atoms with van der Waals surface area (Å²) >= 11 is 7.43. The van der Waals surface area contributed by atoms with Crippen molar-refractivity contribution in [3.05, 3.63) is 33.8 Å². The average Bonchev–Trinajstić information content (AvgIpc) is 2.92. The molecule has 1 aliphatic rings. The van der Waals surface area contributed by atoms with Crippen LogP contribution in [0.1, 0.15) is 24.4 Å². The van der Waals surface area contributed by atoms with Gasteiger partial charge in [-0.15, -0.1) is 10.2 Å². The number of ether oxygens (including phenoxy) is 1. The summed E-state index contributed by atoms with van der Waals surface area (Å²) in [5.41, 5.74) is 0.960. The van der Waals surface area contributed by atoms with Crippen molar-refractivity contribution in [2.75, 3.05) is 11.9 Å². The van der Waals surface area contributed by atoms with Gasteiger partial charge in [0.05, 0.1) is 5.92 Å². The Morgan fingerprint density at radius 2 is 2.30 bits per heavy atom. The van der Waals surface area contributed by atoms with E-state index < -0.39 is 0 Å². The second kappa shape index (κ2) is 6.84. The normalized spacial score (nSPS) is 16.8. The van der Waals surface area contributed by atoms with Crippen LogP contribution in [0.4, 0.5) is 5.13 Å². The molecule has 1 aliphatic heterocycles. The number of benzene rings is 1. The number of hydrogen-bond acceptors (Lipinski definition) is 5. The number of anilines is 1. The van der Waals surface area contributed by atoms with E-state index in [2.05, 4.69) is 29.4 Å². The maximum atomic E-state index is 12.4. The summed E-state index contributed by atoms with van der Waals surface area (Å²) in [5.74, 6) is 0.967. The van der Waals surface area contributed by atoms with E-state index in [9.17, 15) is 4.79 Å². The monoisotopic (exact) mass is 351 g/mol. The Kier molecular flexibility index (Phi) is 4.82. The van der Waals surface area contributed by atoms with Crippen LogP contribution in [0.3, 0.4) is 0 Å². The van der Waals surface area contributed by atoms with E-state index in [1.54, 1.807) is 6.07 Å². The van der Waals surface area contributed by atoms with Crippen LogP contribution in [-0.2, 0) is 17.6 Å². The summed E-state index contributed by atoms with van der Waals surface area (Å²) in [6.07, 6.45) is 1.48. The molecule has 1 N–H and O–H groups in total. The van der Waals surface area contributed by atoms with Gasteiger partial charge in [0, 0.05) is 11.4 Å². The predicted molar refractivity (Wildman–Crippen MR) is 91.2 cm³/mol. The van der Waals surface area contributed by atoms with Crippen LogP contribution in [-0.4, -0.2) is 22.7 Å². The molecule has 0 aliphatic carbocycles. The lowest BCUT2D eigenvalue weighted by molar-refractivity contribution is -0.121. The van der Waals surface area contributed by atoms with E-state index in [-0.39, 0.29) is 11.8 Å². The van der Waals surface area contributed by atoms with Gasteiger partial charge in [-0.25, -0.2) is 0 Å². The second-order valence-electron chi connectivity index (χ2n) is 6.05. The number of hydrogen-bond donors (Lipinski definition) is 1. The van der Waals surface area contributed by atoms with Crippen molar-refractivity contribution in [3.63, 3.8) is 0 Å². The number of carbonyl (C=O) groups is 1. The third-order valence-electron chi connectivity index (χ3n) is 3.58. The van der Waals surface area contributed by atoms with Crippen molar-refractivity contribution >= 4 is 34.0 Å². The molecule has 5 nitrogen and oxygen atoms in total.